The molecule has 0 saturated heterocycles. The van der Waals surface area contributed by atoms with Gasteiger partial charge in [0.1, 0.15) is 23.1 Å². The van der Waals surface area contributed by atoms with Crippen LogP contribution in [0.2, 0.25) is 0 Å². The third kappa shape index (κ3) is 6.22. The van der Waals surface area contributed by atoms with Crippen molar-refractivity contribution in [1.82, 2.24) is 4.98 Å². The molecule has 2 rings (SSSR count). The first-order chi connectivity index (χ1) is 14.7. The lowest BCUT2D eigenvalue weighted by molar-refractivity contribution is -0.385. The molecule has 0 fully saturated rings. The Morgan fingerprint density at radius 2 is 1.69 bits per heavy atom. The van der Waals surface area contributed by atoms with Gasteiger partial charge in [0.05, 0.1) is 11.1 Å². The molecule has 1 atom stereocenters. The molecule has 12 nitrogen and oxygen atoms in total. The van der Waals surface area contributed by atoms with Gasteiger partial charge in [-0.2, -0.15) is 10.0 Å². The van der Waals surface area contributed by atoms with E-state index in [0.29, 0.717) is 11.3 Å². The average Bonchev–Trinajstić information content (AvgIpc) is 3.09. The number of amides is 2. The van der Waals surface area contributed by atoms with Crippen molar-refractivity contribution < 1.29 is 28.7 Å². The Bertz CT molecular complexity index is 920. The molecule has 0 saturated carbocycles. The topological polar surface area (TPSA) is 146 Å². The first kappa shape index (κ1) is 24.7. The molecule has 0 bridgehead atoms. The van der Waals surface area contributed by atoms with Gasteiger partial charge in [-0.05, 0) is 41.5 Å². The second-order valence-corrected chi connectivity index (χ2v) is 8.90. The van der Waals surface area contributed by atoms with E-state index in [-0.39, 0.29) is 11.6 Å². The van der Waals surface area contributed by atoms with Crippen LogP contribution in [0.4, 0.5) is 21.0 Å². The van der Waals surface area contributed by atoms with Gasteiger partial charge in [-0.15, -0.1) is 5.11 Å². The minimum atomic E-state index is -1.24. The molecular formula is C20H27N5O7. The van der Waals surface area contributed by atoms with Crippen molar-refractivity contribution in [3.05, 3.63) is 34.7 Å². The Labute approximate surface area is 185 Å². The maximum absolute atomic E-state index is 13.0. The molecule has 0 spiro atoms. The number of carbonyl (C=O) groups excluding carboxylic acids is 2. The zero-order chi connectivity index (χ0) is 24.3. The highest BCUT2D eigenvalue weighted by molar-refractivity contribution is 6.10. The fraction of sp³-hybridized carbons (Fsp3) is 0.550. The number of anilines is 1. The minimum Gasteiger partial charge on any atom is -0.443 e. The van der Waals surface area contributed by atoms with Gasteiger partial charge >= 0.3 is 12.2 Å². The Kier molecular flexibility index (Phi) is 6.86. The summed E-state index contributed by atoms with van der Waals surface area (Å²) >= 11 is 0. The van der Waals surface area contributed by atoms with Crippen molar-refractivity contribution in [1.29, 1.82) is 0 Å². The predicted octanol–water partition coefficient (Wildman–Crippen LogP) is 5.13. The maximum Gasteiger partial charge on any atom is 0.424 e. The maximum atomic E-state index is 13.0. The van der Waals surface area contributed by atoms with Crippen molar-refractivity contribution in [3.8, 4) is 5.88 Å². The van der Waals surface area contributed by atoms with Gasteiger partial charge in [-0.25, -0.2) is 14.6 Å². The largest absolute Gasteiger partial charge is 0.443 e. The molecule has 0 N–H and O–H groups in total. The van der Waals surface area contributed by atoms with Crippen molar-refractivity contribution in [2.45, 2.75) is 71.8 Å². The number of nitrogens with zero attached hydrogens (tertiary/aromatic N) is 5. The fourth-order valence-corrected chi connectivity index (χ4v) is 2.45. The molecule has 1 aromatic rings. The summed E-state index contributed by atoms with van der Waals surface area (Å²) in [6, 6.07) is 0.981. The van der Waals surface area contributed by atoms with E-state index in [1.165, 1.54) is 6.20 Å². The highest BCUT2D eigenvalue weighted by atomic mass is 16.6. The highest BCUT2D eigenvalue weighted by Gasteiger charge is 2.39. The zero-order valence-electron chi connectivity index (χ0n) is 19.1. The molecule has 32 heavy (non-hydrogen) atoms. The van der Waals surface area contributed by atoms with Crippen LogP contribution in [0.25, 0.3) is 0 Å². The van der Waals surface area contributed by atoms with Gasteiger partial charge in [0.2, 0.25) is 11.6 Å². The van der Waals surface area contributed by atoms with Gasteiger partial charge in [0.15, 0.2) is 0 Å². The Balaban J connectivity index is 2.65. The molecule has 1 aromatic heterocycles. The molecular weight excluding hydrogens is 422 g/mol. The number of imide groups is 1. The standard InChI is InChI=1S/C20H27N5O7/c1-8-20(9-10-22-23-20)30-15-14(11-13(12-21-15)25(28)29)24(16(26)31-18(2,3)4)17(27)32-19(5,6)7/h9-12H,8H2,1-7H3. The molecule has 174 valence electrons. The van der Waals surface area contributed by atoms with Crippen LogP contribution in [-0.4, -0.2) is 39.0 Å². The smallest absolute Gasteiger partial charge is 0.424 e. The third-order valence-corrected chi connectivity index (χ3v) is 3.83. The van der Waals surface area contributed by atoms with Crippen molar-refractivity contribution in [2.75, 3.05) is 4.90 Å². The first-order valence-corrected chi connectivity index (χ1v) is 9.85. The van der Waals surface area contributed by atoms with Crippen LogP contribution >= 0.6 is 0 Å². The van der Waals surface area contributed by atoms with E-state index >= 15 is 0 Å². The molecule has 12 heteroatoms. The summed E-state index contributed by atoms with van der Waals surface area (Å²) in [5.41, 5.74) is -3.99. The van der Waals surface area contributed by atoms with E-state index in [2.05, 4.69) is 15.2 Å². The molecule has 0 aromatic carbocycles. The monoisotopic (exact) mass is 449 g/mol. The van der Waals surface area contributed by atoms with E-state index in [9.17, 15) is 19.7 Å². The normalized spacial score (nSPS) is 17.7. The van der Waals surface area contributed by atoms with Gasteiger partial charge in [-0.1, -0.05) is 6.92 Å². The Morgan fingerprint density at radius 3 is 2.09 bits per heavy atom. The van der Waals surface area contributed by atoms with Crippen LogP contribution < -0.4 is 9.64 Å². The van der Waals surface area contributed by atoms with Gasteiger partial charge < -0.3 is 14.2 Å². The molecule has 0 aliphatic carbocycles. The SMILES string of the molecule is CCC1(Oc2ncc([N+](=O)[O-])cc2N(C(=O)OC(C)(C)C)C(=O)OC(C)(C)C)C=CN=N1. The predicted molar refractivity (Wildman–Crippen MR) is 113 cm³/mol. The molecule has 1 aliphatic heterocycles. The van der Waals surface area contributed by atoms with Crippen LogP contribution in [0.1, 0.15) is 54.9 Å². The molecule has 2 amide bonds. The molecule has 0 radical (unpaired) electrons. The summed E-state index contributed by atoms with van der Waals surface area (Å²) in [5, 5.41) is 19.2. The number of azo groups is 1. The lowest BCUT2D eigenvalue weighted by atomic mass is 10.2. The van der Waals surface area contributed by atoms with E-state index in [0.717, 1.165) is 12.3 Å². The number of hydrogen-bond donors (Lipinski definition) is 0. The number of rotatable bonds is 5. The van der Waals surface area contributed by atoms with Crippen LogP contribution in [0.3, 0.4) is 0 Å². The zero-order valence-corrected chi connectivity index (χ0v) is 19.1. The number of hydrogen-bond acceptors (Lipinski definition) is 10. The van der Waals surface area contributed by atoms with E-state index < -0.39 is 39.7 Å². The number of aromatic nitrogens is 1. The van der Waals surface area contributed by atoms with E-state index in [4.69, 9.17) is 14.2 Å². The lowest BCUT2D eigenvalue weighted by Gasteiger charge is -2.30. The molecule has 2 heterocycles. The summed E-state index contributed by atoms with van der Waals surface area (Å²) in [6.45, 7) is 11.4. The molecule has 1 aliphatic rings. The lowest BCUT2D eigenvalue weighted by Crippen LogP contribution is -2.44. The van der Waals surface area contributed by atoms with E-state index in [1.807, 2.05) is 0 Å². The Hall–Kier alpha value is -3.57. The second-order valence-electron chi connectivity index (χ2n) is 8.90. The summed E-state index contributed by atoms with van der Waals surface area (Å²) < 4.78 is 16.6. The summed E-state index contributed by atoms with van der Waals surface area (Å²) in [6.07, 6.45) is 2.03. The third-order valence-electron chi connectivity index (χ3n) is 3.83. The van der Waals surface area contributed by atoms with Crippen molar-refractivity contribution in [2.24, 2.45) is 10.2 Å². The Morgan fingerprint density at radius 1 is 1.12 bits per heavy atom. The van der Waals surface area contributed by atoms with Crippen LogP contribution in [0.15, 0.2) is 34.8 Å². The quantitative estimate of drug-likeness (QED) is 0.444. The average molecular weight is 449 g/mol. The first-order valence-electron chi connectivity index (χ1n) is 9.85. The summed E-state index contributed by atoms with van der Waals surface area (Å²) in [5.74, 6) is -0.264. The van der Waals surface area contributed by atoms with E-state index in [1.54, 1.807) is 54.5 Å². The van der Waals surface area contributed by atoms with Gasteiger partial charge in [0.25, 0.3) is 5.69 Å². The highest BCUT2D eigenvalue weighted by Crippen LogP contribution is 2.37. The number of nitro groups is 1. The van der Waals surface area contributed by atoms with Crippen molar-refractivity contribution in [3.63, 3.8) is 0 Å². The minimum absolute atomic E-state index is 0.264. The number of ether oxygens (including phenoxy) is 3. The summed E-state index contributed by atoms with van der Waals surface area (Å²) in [7, 11) is 0. The van der Waals surface area contributed by atoms with Crippen molar-refractivity contribution >= 4 is 23.6 Å². The number of pyridine rings is 1. The molecule has 1 unspecified atom stereocenters. The van der Waals surface area contributed by atoms with Crippen LogP contribution in [-0.2, 0) is 9.47 Å². The van der Waals surface area contributed by atoms with Gasteiger partial charge in [-0.3, -0.25) is 10.1 Å². The fourth-order valence-electron chi connectivity index (χ4n) is 2.45. The summed E-state index contributed by atoms with van der Waals surface area (Å²) in [4.78, 5) is 41.2. The van der Waals surface area contributed by atoms with Crippen LogP contribution in [0.5, 0.6) is 5.88 Å². The number of carbonyl (C=O) groups is 2. The van der Waals surface area contributed by atoms with Gasteiger partial charge in [0, 0.05) is 18.6 Å². The van der Waals surface area contributed by atoms with Crippen LogP contribution in [0, 0.1) is 10.1 Å². The second kappa shape index (κ2) is 8.89.